The van der Waals surface area contributed by atoms with E-state index in [9.17, 15) is 4.79 Å². The quantitative estimate of drug-likeness (QED) is 0.928. The Morgan fingerprint density at radius 3 is 2.80 bits per heavy atom. The van der Waals surface area contributed by atoms with Crippen LogP contribution in [0.3, 0.4) is 0 Å². The van der Waals surface area contributed by atoms with Gasteiger partial charge in [-0.15, -0.1) is 0 Å². The molecule has 1 aliphatic carbocycles. The fourth-order valence-electron chi connectivity index (χ4n) is 3.12. The van der Waals surface area contributed by atoms with Gasteiger partial charge >= 0.3 is 6.03 Å². The first-order valence-electron chi connectivity index (χ1n) is 8.85. The van der Waals surface area contributed by atoms with E-state index in [2.05, 4.69) is 21.4 Å². The molecule has 0 bridgehead atoms. The molecular weight excluding hydrogens is 316 g/mol. The number of carbonyl (C=O) groups is 1. The highest BCUT2D eigenvalue weighted by atomic mass is 16.5. The summed E-state index contributed by atoms with van der Waals surface area (Å²) in [5.74, 6) is 2.25. The average molecular weight is 338 g/mol. The van der Waals surface area contributed by atoms with Gasteiger partial charge in [-0.3, -0.25) is 0 Å². The lowest BCUT2D eigenvalue weighted by Gasteiger charge is -2.29. The molecule has 1 fully saturated rings. The second-order valence-electron chi connectivity index (χ2n) is 6.57. The van der Waals surface area contributed by atoms with Gasteiger partial charge in [0.15, 0.2) is 0 Å². The summed E-state index contributed by atoms with van der Waals surface area (Å²) in [5, 5.41) is 2.90. The molecule has 1 aliphatic heterocycles. The molecule has 1 saturated carbocycles. The van der Waals surface area contributed by atoms with Crippen LogP contribution in [0, 0.1) is 0 Å². The molecule has 2 aromatic rings. The van der Waals surface area contributed by atoms with Gasteiger partial charge in [-0.05, 0) is 49.4 Å². The number of ether oxygens (including phenoxy) is 1. The SMILES string of the molecule is CCOc1ccc2c(c1)CN(C(=O)Nc1cnc(C3CC3)nc1)CC2. The molecule has 0 atom stereocenters. The number of hydrogen-bond acceptors (Lipinski definition) is 4. The third-order valence-electron chi connectivity index (χ3n) is 4.65. The van der Waals surface area contributed by atoms with Crippen LogP contribution < -0.4 is 10.1 Å². The van der Waals surface area contributed by atoms with E-state index in [0.717, 1.165) is 23.6 Å². The third kappa shape index (κ3) is 3.57. The van der Waals surface area contributed by atoms with Crippen molar-refractivity contribution in [2.24, 2.45) is 0 Å². The highest BCUT2D eigenvalue weighted by Gasteiger charge is 2.26. The predicted octanol–water partition coefficient (Wildman–Crippen LogP) is 3.34. The van der Waals surface area contributed by atoms with Crippen LogP contribution in [-0.4, -0.2) is 34.1 Å². The second-order valence-corrected chi connectivity index (χ2v) is 6.57. The van der Waals surface area contributed by atoms with Gasteiger partial charge in [-0.1, -0.05) is 6.07 Å². The van der Waals surface area contributed by atoms with E-state index in [1.54, 1.807) is 12.4 Å². The summed E-state index contributed by atoms with van der Waals surface area (Å²) >= 11 is 0. The minimum atomic E-state index is -0.116. The standard InChI is InChI=1S/C19H22N4O2/c1-2-25-17-6-5-13-7-8-23(12-15(13)9-17)19(24)22-16-10-20-18(21-11-16)14-3-4-14/h5-6,9-11,14H,2-4,7-8,12H2,1H3,(H,22,24). The molecule has 1 aromatic carbocycles. The number of urea groups is 1. The fraction of sp³-hybridized carbons (Fsp3) is 0.421. The molecule has 0 spiro atoms. The monoisotopic (exact) mass is 338 g/mol. The molecule has 1 aromatic heterocycles. The Hall–Kier alpha value is -2.63. The lowest BCUT2D eigenvalue weighted by molar-refractivity contribution is 0.206. The van der Waals surface area contributed by atoms with E-state index in [4.69, 9.17) is 4.74 Å². The van der Waals surface area contributed by atoms with Crippen LogP contribution in [0.1, 0.15) is 42.6 Å². The topological polar surface area (TPSA) is 67.3 Å². The average Bonchev–Trinajstić information content (AvgIpc) is 3.47. The van der Waals surface area contributed by atoms with Crippen molar-refractivity contribution in [2.75, 3.05) is 18.5 Å². The summed E-state index contributed by atoms with van der Waals surface area (Å²) in [6.07, 6.45) is 6.59. The van der Waals surface area contributed by atoms with Gasteiger partial charge in [0, 0.05) is 19.0 Å². The number of anilines is 1. The van der Waals surface area contributed by atoms with E-state index in [0.29, 0.717) is 31.3 Å². The zero-order valence-electron chi connectivity index (χ0n) is 14.4. The maximum Gasteiger partial charge on any atom is 0.322 e. The van der Waals surface area contributed by atoms with Crippen molar-refractivity contribution in [1.82, 2.24) is 14.9 Å². The van der Waals surface area contributed by atoms with E-state index in [1.807, 2.05) is 24.0 Å². The number of rotatable bonds is 4. The van der Waals surface area contributed by atoms with Crippen LogP contribution >= 0.6 is 0 Å². The zero-order chi connectivity index (χ0) is 17.2. The molecule has 130 valence electrons. The number of hydrogen-bond donors (Lipinski definition) is 1. The highest BCUT2D eigenvalue weighted by Crippen LogP contribution is 2.37. The van der Waals surface area contributed by atoms with Gasteiger partial charge in [-0.2, -0.15) is 0 Å². The zero-order valence-corrected chi connectivity index (χ0v) is 14.4. The molecule has 6 heteroatoms. The van der Waals surface area contributed by atoms with E-state index < -0.39 is 0 Å². The Kier molecular flexibility index (Phi) is 4.26. The minimum absolute atomic E-state index is 0.116. The van der Waals surface area contributed by atoms with Crippen LogP contribution in [0.4, 0.5) is 10.5 Å². The second kappa shape index (κ2) is 6.70. The molecule has 1 N–H and O–H groups in total. The van der Waals surface area contributed by atoms with Crippen LogP contribution in [0.2, 0.25) is 0 Å². The van der Waals surface area contributed by atoms with E-state index in [1.165, 1.54) is 18.4 Å². The van der Waals surface area contributed by atoms with Crippen molar-refractivity contribution in [2.45, 2.75) is 38.6 Å². The lowest BCUT2D eigenvalue weighted by atomic mass is 10.00. The van der Waals surface area contributed by atoms with Gasteiger partial charge < -0.3 is 15.0 Å². The van der Waals surface area contributed by atoms with E-state index in [-0.39, 0.29) is 6.03 Å². The first kappa shape index (κ1) is 15.9. The maximum absolute atomic E-state index is 12.5. The summed E-state index contributed by atoms with van der Waals surface area (Å²) in [4.78, 5) is 23.1. The van der Waals surface area contributed by atoms with Crippen molar-refractivity contribution in [3.8, 4) is 5.75 Å². The molecule has 0 radical (unpaired) electrons. The largest absolute Gasteiger partial charge is 0.494 e. The Bertz CT molecular complexity index is 771. The smallest absolute Gasteiger partial charge is 0.322 e. The molecule has 2 aliphatic rings. The van der Waals surface area contributed by atoms with Crippen molar-refractivity contribution in [1.29, 1.82) is 0 Å². The highest BCUT2D eigenvalue weighted by molar-refractivity contribution is 5.89. The number of fused-ring (bicyclic) bond motifs is 1. The number of carbonyl (C=O) groups excluding carboxylic acids is 1. The van der Waals surface area contributed by atoms with Gasteiger partial charge in [-0.25, -0.2) is 14.8 Å². The fourth-order valence-corrected chi connectivity index (χ4v) is 3.12. The summed E-state index contributed by atoms with van der Waals surface area (Å²) < 4.78 is 5.56. The summed E-state index contributed by atoms with van der Waals surface area (Å²) in [6.45, 7) is 3.90. The van der Waals surface area contributed by atoms with Crippen LogP contribution in [0.5, 0.6) is 5.75 Å². The van der Waals surface area contributed by atoms with Gasteiger partial charge in [0.05, 0.1) is 24.7 Å². The Morgan fingerprint density at radius 2 is 2.08 bits per heavy atom. The van der Waals surface area contributed by atoms with Crippen LogP contribution in [0.25, 0.3) is 0 Å². The van der Waals surface area contributed by atoms with Crippen molar-refractivity contribution < 1.29 is 9.53 Å². The van der Waals surface area contributed by atoms with Gasteiger partial charge in [0.25, 0.3) is 0 Å². The number of nitrogens with zero attached hydrogens (tertiary/aromatic N) is 3. The Labute approximate surface area is 147 Å². The lowest BCUT2D eigenvalue weighted by Crippen LogP contribution is -2.38. The maximum atomic E-state index is 12.5. The molecule has 4 rings (SSSR count). The van der Waals surface area contributed by atoms with Crippen LogP contribution in [-0.2, 0) is 13.0 Å². The molecular formula is C19H22N4O2. The molecule has 2 heterocycles. The number of nitrogens with one attached hydrogen (secondary N) is 1. The molecule has 2 amide bonds. The van der Waals surface area contributed by atoms with Crippen LogP contribution in [0.15, 0.2) is 30.6 Å². The van der Waals surface area contributed by atoms with Gasteiger partial charge in [0.2, 0.25) is 0 Å². The molecule has 0 saturated heterocycles. The first-order valence-corrected chi connectivity index (χ1v) is 8.85. The van der Waals surface area contributed by atoms with Gasteiger partial charge in [0.1, 0.15) is 11.6 Å². The predicted molar refractivity (Wildman–Crippen MR) is 94.8 cm³/mol. The molecule has 0 unspecified atom stereocenters. The summed E-state index contributed by atoms with van der Waals surface area (Å²) in [6, 6.07) is 6.01. The normalized spacial score (nSPS) is 16.3. The third-order valence-corrected chi connectivity index (χ3v) is 4.65. The van der Waals surface area contributed by atoms with E-state index >= 15 is 0 Å². The summed E-state index contributed by atoms with van der Waals surface area (Å²) in [7, 11) is 0. The van der Waals surface area contributed by atoms with Crippen molar-refractivity contribution >= 4 is 11.7 Å². The number of amides is 2. The Balaban J connectivity index is 1.41. The van der Waals surface area contributed by atoms with Crippen molar-refractivity contribution in [3.05, 3.63) is 47.5 Å². The summed E-state index contributed by atoms with van der Waals surface area (Å²) in [5.41, 5.74) is 3.07. The van der Waals surface area contributed by atoms with Crippen molar-refractivity contribution in [3.63, 3.8) is 0 Å². The number of benzene rings is 1. The Morgan fingerprint density at radius 1 is 1.28 bits per heavy atom. The minimum Gasteiger partial charge on any atom is -0.494 e. The number of aromatic nitrogens is 2. The first-order chi connectivity index (χ1) is 12.2. The molecule has 6 nitrogen and oxygen atoms in total. The molecule has 25 heavy (non-hydrogen) atoms.